The predicted octanol–water partition coefficient (Wildman–Crippen LogP) is 3.31. The lowest BCUT2D eigenvalue weighted by molar-refractivity contribution is -0.139. The van der Waals surface area contributed by atoms with Crippen molar-refractivity contribution in [2.75, 3.05) is 37.9 Å². The van der Waals surface area contributed by atoms with Crippen LogP contribution in [0.2, 0.25) is 5.02 Å². The molecule has 0 saturated heterocycles. The predicted molar refractivity (Wildman–Crippen MR) is 141 cm³/mol. The van der Waals surface area contributed by atoms with Gasteiger partial charge in [0.15, 0.2) is 0 Å². The van der Waals surface area contributed by atoms with Crippen LogP contribution in [0.15, 0.2) is 42.5 Å². The molecule has 0 spiro atoms. The third-order valence-corrected chi connectivity index (χ3v) is 6.83. The van der Waals surface area contributed by atoms with Crippen molar-refractivity contribution in [1.29, 1.82) is 0 Å². The summed E-state index contributed by atoms with van der Waals surface area (Å²) in [5.41, 5.74) is 0.886. The Balaban J connectivity index is 2.45. The van der Waals surface area contributed by atoms with E-state index in [1.165, 1.54) is 25.2 Å². The van der Waals surface area contributed by atoms with Gasteiger partial charge in [0.25, 0.3) is 0 Å². The third-order valence-electron chi connectivity index (χ3n) is 5.45. The van der Waals surface area contributed by atoms with Crippen molar-refractivity contribution in [2.24, 2.45) is 5.92 Å². The number of sulfonamides is 1. The van der Waals surface area contributed by atoms with Crippen LogP contribution in [0.4, 0.5) is 5.69 Å². The first-order valence-electron chi connectivity index (χ1n) is 11.4. The van der Waals surface area contributed by atoms with E-state index in [0.29, 0.717) is 17.3 Å². The zero-order valence-electron chi connectivity index (χ0n) is 21.4. The topological polar surface area (TPSA) is 105 Å². The summed E-state index contributed by atoms with van der Waals surface area (Å²) in [5, 5.41) is 3.37. The number of methoxy groups -OCH3 is 2. The van der Waals surface area contributed by atoms with E-state index < -0.39 is 28.5 Å². The number of carbonyl (C=O) groups is 2. The second-order valence-electron chi connectivity index (χ2n) is 8.77. The second kappa shape index (κ2) is 12.8. The van der Waals surface area contributed by atoms with Crippen molar-refractivity contribution < 1.29 is 27.5 Å². The summed E-state index contributed by atoms with van der Waals surface area (Å²) in [7, 11) is -1.06. The molecule has 0 bridgehead atoms. The molecule has 36 heavy (non-hydrogen) atoms. The van der Waals surface area contributed by atoms with E-state index in [-0.39, 0.29) is 29.8 Å². The number of nitrogens with zero attached hydrogens (tertiary/aromatic N) is 2. The van der Waals surface area contributed by atoms with Crippen LogP contribution in [0, 0.1) is 5.92 Å². The molecule has 0 aliphatic carbocycles. The summed E-state index contributed by atoms with van der Waals surface area (Å²) >= 11 is 5.99. The maximum Gasteiger partial charge on any atom is 0.244 e. The lowest BCUT2D eigenvalue weighted by Crippen LogP contribution is -2.51. The molecule has 0 heterocycles. The molecule has 0 aliphatic heterocycles. The third kappa shape index (κ3) is 8.03. The molecule has 0 saturated carbocycles. The van der Waals surface area contributed by atoms with E-state index in [2.05, 4.69) is 5.32 Å². The first-order chi connectivity index (χ1) is 16.9. The molecule has 0 fully saturated rings. The van der Waals surface area contributed by atoms with Crippen LogP contribution in [0.3, 0.4) is 0 Å². The zero-order chi connectivity index (χ0) is 27.0. The van der Waals surface area contributed by atoms with Crippen LogP contribution < -0.4 is 19.1 Å². The Morgan fingerprint density at radius 2 is 1.67 bits per heavy atom. The van der Waals surface area contributed by atoms with E-state index in [0.717, 1.165) is 16.1 Å². The highest BCUT2D eigenvalue weighted by Gasteiger charge is 2.31. The molecule has 0 radical (unpaired) electrons. The maximum absolute atomic E-state index is 13.6. The lowest BCUT2D eigenvalue weighted by Gasteiger charge is -2.32. The molecule has 2 aromatic carbocycles. The minimum absolute atomic E-state index is 0.0825. The SMILES string of the molecule is COc1ccc(OC)c(N(CC(=O)N(Cc2ccc(Cl)cc2)C(C)C(=O)NCC(C)C)S(C)(=O)=O)c1. The number of halogens is 1. The van der Waals surface area contributed by atoms with Gasteiger partial charge in [-0.05, 0) is 42.7 Å². The Morgan fingerprint density at radius 1 is 1.03 bits per heavy atom. The fourth-order valence-corrected chi connectivity index (χ4v) is 4.38. The van der Waals surface area contributed by atoms with Crippen molar-refractivity contribution in [1.82, 2.24) is 10.2 Å². The highest BCUT2D eigenvalue weighted by Crippen LogP contribution is 2.34. The normalized spacial score (nSPS) is 12.1. The molecule has 2 amide bonds. The van der Waals surface area contributed by atoms with Crippen molar-refractivity contribution in [3.8, 4) is 11.5 Å². The fraction of sp³-hybridized carbons (Fsp3) is 0.440. The van der Waals surface area contributed by atoms with Crippen LogP contribution in [0.5, 0.6) is 11.5 Å². The number of amides is 2. The summed E-state index contributed by atoms with van der Waals surface area (Å²) in [6, 6.07) is 10.7. The number of hydrogen-bond acceptors (Lipinski definition) is 6. The van der Waals surface area contributed by atoms with Gasteiger partial charge in [-0.1, -0.05) is 37.6 Å². The molecular weight excluding hydrogens is 506 g/mol. The number of ether oxygens (including phenoxy) is 2. The highest BCUT2D eigenvalue weighted by molar-refractivity contribution is 7.92. The Kier molecular flexibility index (Phi) is 10.4. The monoisotopic (exact) mass is 539 g/mol. The molecular formula is C25H34ClN3O6S. The van der Waals surface area contributed by atoms with Gasteiger partial charge in [0.1, 0.15) is 24.1 Å². The Hall–Kier alpha value is -2.98. The molecule has 11 heteroatoms. The zero-order valence-corrected chi connectivity index (χ0v) is 23.0. The average Bonchev–Trinajstić information content (AvgIpc) is 2.83. The van der Waals surface area contributed by atoms with Crippen LogP contribution in [-0.4, -0.2) is 64.7 Å². The van der Waals surface area contributed by atoms with Gasteiger partial charge in [0, 0.05) is 24.2 Å². The van der Waals surface area contributed by atoms with E-state index in [4.69, 9.17) is 21.1 Å². The van der Waals surface area contributed by atoms with Gasteiger partial charge in [0.2, 0.25) is 21.8 Å². The van der Waals surface area contributed by atoms with Gasteiger partial charge in [-0.25, -0.2) is 8.42 Å². The quantitative estimate of drug-likeness (QED) is 0.443. The minimum Gasteiger partial charge on any atom is -0.497 e. The summed E-state index contributed by atoms with van der Waals surface area (Å²) in [4.78, 5) is 27.9. The van der Waals surface area contributed by atoms with Gasteiger partial charge < -0.3 is 19.7 Å². The molecule has 2 rings (SSSR count). The van der Waals surface area contributed by atoms with E-state index in [1.54, 1.807) is 43.3 Å². The van der Waals surface area contributed by atoms with Crippen molar-refractivity contribution in [3.63, 3.8) is 0 Å². The summed E-state index contributed by atoms with van der Waals surface area (Å²) in [6.07, 6.45) is 1.00. The van der Waals surface area contributed by atoms with Crippen LogP contribution in [-0.2, 0) is 26.2 Å². The Labute approximate surface area is 218 Å². The minimum atomic E-state index is -3.92. The lowest BCUT2D eigenvalue weighted by atomic mass is 10.1. The number of carbonyl (C=O) groups excluding carboxylic acids is 2. The Morgan fingerprint density at radius 3 is 2.19 bits per heavy atom. The fourth-order valence-electron chi connectivity index (χ4n) is 3.41. The number of nitrogens with one attached hydrogen (secondary N) is 1. The van der Waals surface area contributed by atoms with Gasteiger partial charge in [0.05, 0.1) is 26.2 Å². The molecule has 1 atom stereocenters. The van der Waals surface area contributed by atoms with Crippen molar-refractivity contribution in [3.05, 3.63) is 53.1 Å². The first kappa shape index (κ1) is 29.3. The summed E-state index contributed by atoms with van der Waals surface area (Å²) in [5.74, 6) is -0.0292. The van der Waals surface area contributed by atoms with E-state index in [1.807, 2.05) is 13.8 Å². The van der Waals surface area contributed by atoms with Crippen LogP contribution in [0.25, 0.3) is 0 Å². The molecule has 2 aromatic rings. The molecule has 0 aromatic heterocycles. The molecule has 9 nitrogen and oxygen atoms in total. The number of hydrogen-bond donors (Lipinski definition) is 1. The largest absolute Gasteiger partial charge is 0.497 e. The average molecular weight is 540 g/mol. The van der Waals surface area contributed by atoms with Crippen LogP contribution >= 0.6 is 11.6 Å². The highest BCUT2D eigenvalue weighted by atomic mass is 35.5. The molecule has 1 N–H and O–H groups in total. The molecule has 198 valence electrons. The van der Waals surface area contributed by atoms with Gasteiger partial charge in [-0.2, -0.15) is 0 Å². The van der Waals surface area contributed by atoms with E-state index >= 15 is 0 Å². The van der Waals surface area contributed by atoms with Crippen LogP contribution in [0.1, 0.15) is 26.3 Å². The van der Waals surface area contributed by atoms with Crippen molar-refractivity contribution in [2.45, 2.75) is 33.4 Å². The van der Waals surface area contributed by atoms with Gasteiger partial charge >= 0.3 is 0 Å². The van der Waals surface area contributed by atoms with Gasteiger partial charge in [-0.15, -0.1) is 0 Å². The second-order valence-corrected chi connectivity index (χ2v) is 11.1. The standard InChI is InChI=1S/C25H34ClN3O6S/c1-17(2)14-27-25(31)18(3)28(15-19-7-9-20(26)10-8-19)24(30)16-29(36(6,32)33)22-13-21(34-4)11-12-23(22)35-5/h7-13,17-18H,14-16H2,1-6H3,(H,27,31). The molecule has 1 unspecified atom stereocenters. The number of anilines is 1. The van der Waals surface area contributed by atoms with Gasteiger partial charge in [-0.3, -0.25) is 13.9 Å². The summed E-state index contributed by atoms with van der Waals surface area (Å²) in [6.45, 7) is 5.53. The summed E-state index contributed by atoms with van der Waals surface area (Å²) < 4.78 is 37.1. The Bertz CT molecular complexity index is 1150. The number of benzene rings is 2. The number of rotatable bonds is 12. The smallest absolute Gasteiger partial charge is 0.244 e. The van der Waals surface area contributed by atoms with E-state index in [9.17, 15) is 18.0 Å². The first-order valence-corrected chi connectivity index (χ1v) is 13.6. The molecule has 0 aliphatic rings. The maximum atomic E-state index is 13.6. The van der Waals surface area contributed by atoms with Crippen molar-refractivity contribution >= 4 is 39.1 Å².